The van der Waals surface area contributed by atoms with Gasteiger partial charge in [0.15, 0.2) is 11.5 Å². The third-order valence-electron chi connectivity index (χ3n) is 2.88. The Bertz CT molecular complexity index is 380. The molecule has 17 heavy (non-hydrogen) atoms. The number of hydrogen-bond acceptors (Lipinski definition) is 4. The normalized spacial score (nSPS) is 16.7. The molecule has 1 N–H and O–H groups in total. The van der Waals surface area contributed by atoms with Gasteiger partial charge in [-0.25, -0.2) is 0 Å². The van der Waals surface area contributed by atoms with E-state index in [0.29, 0.717) is 0 Å². The topological polar surface area (TPSA) is 33.7 Å². The van der Waals surface area contributed by atoms with E-state index >= 15 is 0 Å². The smallest absolute Gasteiger partial charge is 0.161 e. The van der Waals surface area contributed by atoms with Crippen LogP contribution in [0.25, 0.3) is 0 Å². The molecule has 0 radical (unpaired) electrons. The van der Waals surface area contributed by atoms with Crippen molar-refractivity contribution in [3.05, 3.63) is 23.8 Å². The Labute approximate surface area is 103 Å². The minimum Gasteiger partial charge on any atom is -0.490 e. The first kappa shape index (κ1) is 12.2. The molecule has 0 aliphatic carbocycles. The Morgan fingerprint density at radius 1 is 1.18 bits per heavy atom. The standard InChI is InChI=1S/C13H20N2O2/c1-14-13(15(2)3)10-5-6-11-12(9-10)17-8-4-7-16-11/h5-6,9,13-14H,4,7-8H2,1-3H3. The number of nitrogens with one attached hydrogen (secondary N) is 1. The van der Waals surface area contributed by atoms with Gasteiger partial charge in [0.25, 0.3) is 0 Å². The maximum Gasteiger partial charge on any atom is 0.161 e. The first-order chi connectivity index (χ1) is 8.22. The molecule has 1 atom stereocenters. The van der Waals surface area contributed by atoms with Gasteiger partial charge in [-0.2, -0.15) is 0 Å². The van der Waals surface area contributed by atoms with Crippen molar-refractivity contribution in [3.8, 4) is 11.5 Å². The van der Waals surface area contributed by atoms with Gasteiger partial charge < -0.3 is 14.8 Å². The number of hydrogen-bond donors (Lipinski definition) is 1. The van der Waals surface area contributed by atoms with Crippen LogP contribution < -0.4 is 14.8 Å². The molecule has 0 spiro atoms. The highest BCUT2D eigenvalue weighted by Crippen LogP contribution is 2.32. The van der Waals surface area contributed by atoms with Gasteiger partial charge in [0.1, 0.15) is 0 Å². The lowest BCUT2D eigenvalue weighted by atomic mass is 10.1. The van der Waals surface area contributed by atoms with Crippen LogP contribution in [-0.4, -0.2) is 39.3 Å². The zero-order valence-corrected chi connectivity index (χ0v) is 10.7. The summed E-state index contributed by atoms with van der Waals surface area (Å²) < 4.78 is 11.3. The van der Waals surface area contributed by atoms with Crippen LogP contribution in [0.4, 0.5) is 0 Å². The van der Waals surface area contributed by atoms with E-state index in [9.17, 15) is 0 Å². The summed E-state index contributed by atoms with van der Waals surface area (Å²) in [5.41, 5.74) is 1.18. The molecule has 2 rings (SSSR count). The Balaban J connectivity index is 2.28. The second kappa shape index (κ2) is 5.38. The fraction of sp³-hybridized carbons (Fsp3) is 0.538. The molecular weight excluding hydrogens is 216 g/mol. The van der Waals surface area contributed by atoms with E-state index in [1.54, 1.807) is 0 Å². The van der Waals surface area contributed by atoms with Crippen molar-refractivity contribution in [2.75, 3.05) is 34.4 Å². The van der Waals surface area contributed by atoms with Gasteiger partial charge in [0, 0.05) is 6.42 Å². The fourth-order valence-corrected chi connectivity index (χ4v) is 2.07. The minimum atomic E-state index is 0.187. The Kier molecular flexibility index (Phi) is 3.86. The first-order valence-electron chi connectivity index (χ1n) is 5.95. The van der Waals surface area contributed by atoms with E-state index in [2.05, 4.69) is 22.3 Å². The molecule has 0 aromatic heterocycles. The largest absolute Gasteiger partial charge is 0.490 e. The number of ether oxygens (including phenoxy) is 2. The summed E-state index contributed by atoms with van der Waals surface area (Å²) in [6, 6.07) is 6.13. The van der Waals surface area contributed by atoms with E-state index in [0.717, 1.165) is 31.1 Å². The molecule has 1 unspecified atom stereocenters. The van der Waals surface area contributed by atoms with Crippen LogP contribution in [0.2, 0.25) is 0 Å². The summed E-state index contributed by atoms with van der Waals surface area (Å²) in [5, 5.41) is 3.27. The van der Waals surface area contributed by atoms with Crippen molar-refractivity contribution < 1.29 is 9.47 Å². The van der Waals surface area contributed by atoms with Gasteiger partial charge in [-0.3, -0.25) is 4.90 Å². The molecule has 0 fully saturated rings. The molecule has 1 aromatic rings. The van der Waals surface area contributed by atoms with Crippen LogP contribution in [0, 0.1) is 0 Å². The molecule has 0 saturated carbocycles. The number of fused-ring (bicyclic) bond motifs is 1. The van der Waals surface area contributed by atoms with Crippen molar-refractivity contribution >= 4 is 0 Å². The number of rotatable bonds is 3. The quantitative estimate of drug-likeness (QED) is 0.809. The van der Waals surface area contributed by atoms with Crippen LogP contribution in [0.3, 0.4) is 0 Å². The lowest BCUT2D eigenvalue weighted by molar-refractivity contribution is 0.263. The van der Waals surface area contributed by atoms with Crippen molar-refractivity contribution in [3.63, 3.8) is 0 Å². The lowest BCUT2D eigenvalue weighted by Crippen LogP contribution is -2.30. The molecule has 1 aromatic carbocycles. The second-order valence-corrected chi connectivity index (χ2v) is 4.41. The van der Waals surface area contributed by atoms with Crippen molar-refractivity contribution in [1.29, 1.82) is 0 Å². The van der Waals surface area contributed by atoms with Gasteiger partial charge in [-0.1, -0.05) is 6.07 Å². The minimum absolute atomic E-state index is 0.187. The van der Waals surface area contributed by atoms with E-state index in [4.69, 9.17) is 9.47 Å². The highest BCUT2D eigenvalue weighted by atomic mass is 16.5. The highest BCUT2D eigenvalue weighted by molar-refractivity contribution is 5.44. The molecule has 1 heterocycles. The van der Waals surface area contributed by atoms with Crippen molar-refractivity contribution in [2.45, 2.75) is 12.6 Å². The van der Waals surface area contributed by atoms with Crippen LogP contribution >= 0.6 is 0 Å². The van der Waals surface area contributed by atoms with E-state index in [-0.39, 0.29) is 6.17 Å². The first-order valence-corrected chi connectivity index (χ1v) is 5.95. The van der Waals surface area contributed by atoms with Crippen LogP contribution in [0.5, 0.6) is 11.5 Å². The predicted octanol–water partition coefficient (Wildman–Crippen LogP) is 1.63. The third-order valence-corrected chi connectivity index (χ3v) is 2.88. The average Bonchev–Trinajstić information content (AvgIpc) is 2.54. The molecule has 1 aliphatic heterocycles. The number of nitrogens with zero attached hydrogens (tertiary/aromatic N) is 1. The average molecular weight is 236 g/mol. The van der Waals surface area contributed by atoms with Crippen LogP contribution in [-0.2, 0) is 0 Å². The van der Waals surface area contributed by atoms with Gasteiger partial charge in [-0.05, 0) is 38.8 Å². The molecule has 0 amide bonds. The fourth-order valence-electron chi connectivity index (χ4n) is 2.07. The van der Waals surface area contributed by atoms with E-state index < -0.39 is 0 Å². The maximum atomic E-state index is 5.69. The molecule has 0 saturated heterocycles. The predicted molar refractivity (Wildman–Crippen MR) is 67.5 cm³/mol. The third kappa shape index (κ3) is 2.70. The van der Waals surface area contributed by atoms with Gasteiger partial charge in [0.2, 0.25) is 0 Å². The Morgan fingerprint density at radius 3 is 2.53 bits per heavy atom. The van der Waals surface area contributed by atoms with Crippen LogP contribution in [0.1, 0.15) is 18.2 Å². The molecular formula is C13H20N2O2. The Morgan fingerprint density at radius 2 is 1.88 bits per heavy atom. The summed E-state index contributed by atoms with van der Waals surface area (Å²) in [7, 11) is 6.04. The Hall–Kier alpha value is -1.26. The molecule has 1 aliphatic rings. The zero-order valence-electron chi connectivity index (χ0n) is 10.7. The highest BCUT2D eigenvalue weighted by Gasteiger charge is 2.16. The summed E-state index contributed by atoms with van der Waals surface area (Å²) in [4.78, 5) is 2.12. The summed E-state index contributed by atoms with van der Waals surface area (Å²) in [5.74, 6) is 1.70. The van der Waals surface area contributed by atoms with Gasteiger partial charge >= 0.3 is 0 Å². The zero-order chi connectivity index (χ0) is 12.3. The van der Waals surface area contributed by atoms with E-state index in [1.807, 2.05) is 27.2 Å². The molecule has 0 bridgehead atoms. The van der Waals surface area contributed by atoms with Gasteiger partial charge in [0.05, 0.1) is 19.4 Å². The van der Waals surface area contributed by atoms with E-state index in [1.165, 1.54) is 5.56 Å². The summed E-state index contributed by atoms with van der Waals surface area (Å²) >= 11 is 0. The van der Waals surface area contributed by atoms with Crippen molar-refractivity contribution in [2.24, 2.45) is 0 Å². The van der Waals surface area contributed by atoms with Crippen molar-refractivity contribution in [1.82, 2.24) is 10.2 Å². The summed E-state index contributed by atoms with van der Waals surface area (Å²) in [6.45, 7) is 1.46. The molecule has 94 valence electrons. The molecule has 4 heteroatoms. The SMILES string of the molecule is CNC(c1ccc2c(c1)OCCCO2)N(C)C. The number of benzene rings is 1. The second-order valence-electron chi connectivity index (χ2n) is 4.41. The maximum absolute atomic E-state index is 5.69. The lowest BCUT2D eigenvalue weighted by Gasteiger charge is -2.24. The van der Waals surface area contributed by atoms with Crippen LogP contribution in [0.15, 0.2) is 18.2 Å². The van der Waals surface area contributed by atoms with Gasteiger partial charge in [-0.15, -0.1) is 0 Å². The molecule has 4 nitrogen and oxygen atoms in total. The summed E-state index contributed by atoms with van der Waals surface area (Å²) in [6.07, 6.45) is 1.12. The monoisotopic (exact) mass is 236 g/mol.